The predicted molar refractivity (Wildman–Crippen MR) is 90.1 cm³/mol. The third kappa shape index (κ3) is 3.31. The zero-order chi connectivity index (χ0) is 16.5. The largest absolute Gasteiger partial charge is 0.497 e. The smallest absolute Gasteiger partial charge is 0.211 e. The minimum Gasteiger partial charge on any atom is -0.497 e. The number of aromatic hydroxyl groups is 1. The Morgan fingerprint density at radius 3 is 2.71 bits per heavy atom. The van der Waals surface area contributed by atoms with E-state index in [4.69, 9.17) is 9.47 Å². The lowest BCUT2D eigenvalue weighted by Crippen LogP contribution is -2.33. The van der Waals surface area contributed by atoms with E-state index in [0.717, 1.165) is 30.3 Å². The number of hydrogen-bond acceptors (Lipinski definition) is 5. The molecule has 1 aromatic carbocycles. The summed E-state index contributed by atoms with van der Waals surface area (Å²) in [4.78, 5) is 6.63. The van der Waals surface area contributed by atoms with E-state index in [9.17, 15) is 5.11 Å². The molecule has 5 heteroatoms. The number of pyridine rings is 1. The highest BCUT2D eigenvalue weighted by Gasteiger charge is 2.36. The molecule has 1 N–H and O–H groups in total. The molecule has 126 valence electrons. The van der Waals surface area contributed by atoms with Crippen LogP contribution < -0.4 is 9.47 Å². The van der Waals surface area contributed by atoms with Crippen LogP contribution in [0.25, 0.3) is 0 Å². The molecule has 24 heavy (non-hydrogen) atoms. The van der Waals surface area contributed by atoms with E-state index in [-0.39, 0.29) is 12.0 Å². The molecule has 5 nitrogen and oxygen atoms in total. The lowest BCUT2D eigenvalue weighted by Gasteiger charge is -2.23. The van der Waals surface area contributed by atoms with Gasteiger partial charge in [-0.05, 0) is 42.5 Å². The molecule has 1 fully saturated rings. The number of nitrogens with zero attached hydrogens (tertiary/aromatic N) is 2. The molecule has 1 aliphatic heterocycles. The van der Waals surface area contributed by atoms with Crippen LogP contribution >= 0.6 is 0 Å². The summed E-state index contributed by atoms with van der Waals surface area (Å²) in [5.74, 6) is 2.36. The van der Waals surface area contributed by atoms with Crippen LogP contribution in [0.4, 0.5) is 0 Å². The Morgan fingerprint density at radius 1 is 1.21 bits per heavy atom. The van der Waals surface area contributed by atoms with Gasteiger partial charge in [-0.25, -0.2) is 4.98 Å². The SMILES string of the molecule is COc1ccc(CN2Cc3nc(O)ccc3O[C@@H](C3CC3)C2)cc1. The number of hydrogen-bond donors (Lipinski definition) is 1. The molecule has 0 unspecified atom stereocenters. The Balaban J connectivity index is 1.56. The maximum absolute atomic E-state index is 9.70. The van der Waals surface area contributed by atoms with Gasteiger partial charge in [-0.1, -0.05) is 12.1 Å². The highest BCUT2D eigenvalue weighted by Crippen LogP contribution is 2.38. The molecule has 0 radical (unpaired) electrons. The molecule has 1 aromatic heterocycles. The van der Waals surface area contributed by atoms with E-state index in [1.54, 1.807) is 13.2 Å². The Bertz CT molecular complexity index is 713. The van der Waals surface area contributed by atoms with Gasteiger partial charge >= 0.3 is 0 Å². The molecular weight excluding hydrogens is 304 g/mol. The number of rotatable bonds is 4. The molecule has 1 aliphatic carbocycles. The van der Waals surface area contributed by atoms with Gasteiger partial charge < -0.3 is 14.6 Å². The summed E-state index contributed by atoms with van der Waals surface area (Å²) in [5.41, 5.74) is 2.04. The zero-order valence-electron chi connectivity index (χ0n) is 13.8. The van der Waals surface area contributed by atoms with Crippen LogP contribution in [0.2, 0.25) is 0 Å². The Morgan fingerprint density at radius 2 is 2.00 bits per heavy atom. The topological polar surface area (TPSA) is 54.8 Å². The summed E-state index contributed by atoms with van der Waals surface area (Å²) in [7, 11) is 1.68. The van der Waals surface area contributed by atoms with Gasteiger partial charge in [-0.3, -0.25) is 4.90 Å². The minimum atomic E-state index is 0.0478. The zero-order valence-corrected chi connectivity index (χ0v) is 13.8. The summed E-state index contributed by atoms with van der Waals surface area (Å²) < 4.78 is 11.4. The number of fused-ring (bicyclic) bond motifs is 1. The minimum absolute atomic E-state index is 0.0478. The molecule has 0 spiro atoms. The maximum Gasteiger partial charge on any atom is 0.211 e. The lowest BCUT2D eigenvalue weighted by atomic mass is 10.1. The summed E-state index contributed by atoms with van der Waals surface area (Å²) in [6.45, 7) is 2.39. The van der Waals surface area contributed by atoms with E-state index in [1.807, 2.05) is 18.2 Å². The summed E-state index contributed by atoms with van der Waals surface area (Å²) in [5, 5.41) is 9.70. The second kappa shape index (κ2) is 6.32. The van der Waals surface area contributed by atoms with Crippen molar-refractivity contribution in [3.05, 3.63) is 47.7 Å². The van der Waals surface area contributed by atoms with E-state index < -0.39 is 0 Å². The number of aromatic nitrogens is 1. The predicted octanol–water partition coefficient (Wildman–Crippen LogP) is 2.97. The van der Waals surface area contributed by atoms with Gasteiger partial charge in [0.1, 0.15) is 23.3 Å². The molecule has 4 rings (SSSR count). The van der Waals surface area contributed by atoms with Crippen LogP contribution in [0.15, 0.2) is 36.4 Å². The third-order valence-electron chi connectivity index (χ3n) is 4.72. The van der Waals surface area contributed by atoms with Crippen LogP contribution in [0.5, 0.6) is 17.4 Å². The Hall–Kier alpha value is -2.27. The monoisotopic (exact) mass is 326 g/mol. The first-order valence-corrected chi connectivity index (χ1v) is 8.42. The summed E-state index contributed by atoms with van der Waals surface area (Å²) >= 11 is 0. The van der Waals surface area contributed by atoms with Crippen molar-refractivity contribution in [2.24, 2.45) is 5.92 Å². The maximum atomic E-state index is 9.70. The van der Waals surface area contributed by atoms with Crippen molar-refractivity contribution in [1.29, 1.82) is 0 Å². The molecule has 2 heterocycles. The molecule has 1 saturated carbocycles. The van der Waals surface area contributed by atoms with Crippen molar-refractivity contribution in [3.63, 3.8) is 0 Å². The first-order chi connectivity index (χ1) is 11.7. The second-order valence-corrected chi connectivity index (χ2v) is 6.63. The van der Waals surface area contributed by atoms with E-state index in [1.165, 1.54) is 18.4 Å². The van der Waals surface area contributed by atoms with Gasteiger partial charge in [-0.15, -0.1) is 0 Å². The fraction of sp³-hybridized carbons (Fsp3) is 0.421. The average Bonchev–Trinajstić information content (AvgIpc) is 3.41. The molecule has 2 aromatic rings. The van der Waals surface area contributed by atoms with Crippen LogP contribution in [-0.4, -0.2) is 34.7 Å². The van der Waals surface area contributed by atoms with Crippen LogP contribution in [0, 0.1) is 5.92 Å². The Labute approximate surface area is 141 Å². The molecule has 1 atom stereocenters. The fourth-order valence-electron chi connectivity index (χ4n) is 3.25. The highest BCUT2D eigenvalue weighted by molar-refractivity contribution is 5.33. The fourth-order valence-corrected chi connectivity index (χ4v) is 3.25. The molecular formula is C19H22N2O3. The number of benzene rings is 1. The lowest BCUT2D eigenvalue weighted by molar-refractivity contribution is 0.125. The highest BCUT2D eigenvalue weighted by atomic mass is 16.5. The molecule has 2 aliphatic rings. The van der Waals surface area contributed by atoms with Gasteiger partial charge in [-0.2, -0.15) is 0 Å². The van der Waals surface area contributed by atoms with Crippen molar-refractivity contribution in [3.8, 4) is 17.4 Å². The van der Waals surface area contributed by atoms with Crippen molar-refractivity contribution < 1.29 is 14.6 Å². The standard InChI is InChI=1S/C19H22N2O3/c1-23-15-6-2-13(3-7-15)10-21-11-16-17(8-9-19(22)20-16)24-18(12-21)14-4-5-14/h2-3,6-9,14,18H,4-5,10-12H2,1H3,(H,20,22)/t18-/m1/s1. The van der Waals surface area contributed by atoms with E-state index >= 15 is 0 Å². The van der Waals surface area contributed by atoms with Gasteiger partial charge in [0.15, 0.2) is 0 Å². The van der Waals surface area contributed by atoms with Crippen molar-refractivity contribution in [1.82, 2.24) is 9.88 Å². The number of ether oxygens (including phenoxy) is 2. The number of methoxy groups -OCH3 is 1. The van der Waals surface area contributed by atoms with Gasteiger partial charge in [0.25, 0.3) is 0 Å². The Kier molecular flexibility index (Phi) is 4.02. The molecule has 0 amide bonds. The van der Waals surface area contributed by atoms with Crippen molar-refractivity contribution >= 4 is 0 Å². The first-order valence-electron chi connectivity index (χ1n) is 8.42. The van der Waals surface area contributed by atoms with Crippen molar-refractivity contribution in [2.75, 3.05) is 13.7 Å². The first kappa shape index (κ1) is 15.3. The van der Waals surface area contributed by atoms with Crippen LogP contribution in [0.1, 0.15) is 24.1 Å². The normalized spacial score (nSPS) is 20.8. The van der Waals surface area contributed by atoms with Gasteiger partial charge in [0, 0.05) is 25.7 Å². The second-order valence-electron chi connectivity index (χ2n) is 6.63. The summed E-state index contributed by atoms with van der Waals surface area (Å²) in [6, 6.07) is 11.6. The average molecular weight is 326 g/mol. The molecule has 0 saturated heterocycles. The third-order valence-corrected chi connectivity index (χ3v) is 4.72. The van der Waals surface area contributed by atoms with E-state index in [2.05, 4.69) is 22.0 Å². The quantitative estimate of drug-likeness (QED) is 0.936. The van der Waals surface area contributed by atoms with Gasteiger partial charge in [0.2, 0.25) is 5.88 Å². The van der Waals surface area contributed by atoms with Crippen LogP contribution in [-0.2, 0) is 13.1 Å². The van der Waals surface area contributed by atoms with E-state index in [0.29, 0.717) is 12.5 Å². The molecule has 0 bridgehead atoms. The van der Waals surface area contributed by atoms with Crippen molar-refractivity contribution in [2.45, 2.75) is 32.0 Å². The van der Waals surface area contributed by atoms with Crippen LogP contribution in [0.3, 0.4) is 0 Å². The summed E-state index contributed by atoms with van der Waals surface area (Å²) in [6.07, 6.45) is 2.68. The van der Waals surface area contributed by atoms with Gasteiger partial charge in [0.05, 0.1) is 7.11 Å².